The first-order valence-electron chi connectivity index (χ1n) is 9.60. The van der Waals surface area contributed by atoms with Gasteiger partial charge in [0.2, 0.25) is 0 Å². The summed E-state index contributed by atoms with van der Waals surface area (Å²) in [6.07, 6.45) is 11.0. The Kier molecular flexibility index (Phi) is 6.80. The second-order valence-electron chi connectivity index (χ2n) is 6.45. The molecule has 0 aliphatic carbocycles. The summed E-state index contributed by atoms with van der Waals surface area (Å²) in [5.74, 6) is 0. The second-order valence-corrected chi connectivity index (χ2v) is 7.31. The standard InChI is InChI=1S/C19H21BrN4.C2H6/c20-18-13-22-24-14-17(12-21-19(18)24)16-6-4-15(5-7-16)8-11-23-9-2-1-3-10-23;1-2/h4-7,12-14H,1-3,8-11H2;1-2H3. The van der Waals surface area contributed by atoms with Crippen LogP contribution < -0.4 is 0 Å². The van der Waals surface area contributed by atoms with Gasteiger partial charge in [-0.15, -0.1) is 0 Å². The van der Waals surface area contributed by atoms with Crippen LogP contribution in [-0.2, 0) is 6.42 Å². The monoisotopic (exact) mass is 414 g/mol. The van der Waals surface area contributed by atoms with E-state index in [1.54, 1.807) is 6.20 Å². The van der Waals surface area contributed by atoms with Crippen molar-refractivity contribution in [2.75, 3.05) is 19.6 Å². The van der Waals surface area contributed by atoms with Crippen molar-refractivity contribution in [3.8, 4) is 11.1 Å². The van der Waals surface area contributed by atoms with Crippen LogP contribution in [0.4, 0.5) is 0 Å². The highest BCUT2D eigenvalue weighted by atomic mass is 79.9. The molecular weight excluding hydrogens is 388 g/mol. The average molecular weight is 415 g/mol. The van der Waals surface area contributed by atoms with E-state index >= 15 is 0 Å². The summed E-state index contributed by atoms with van der Waals surface area (Å²) < 4.78 is 2.73. The van der Waals surface area contributed by atoms with Crippen LogP contribution in [0.5, 0.6) is 0 Å². The molecular formula is C21H27BrN4. The Balaban J connectivity index is 0.000000948. The molecule has 138 valence electrons. The molecule has 4 nitrogen and oxygen atoms in total. The van der Waals surface area contributed by atoms with Crippen LogP contribution in [0.15, 0.2) is 47.3 Å². The van der Waals surface area contributed by atoms with Gasteiger partial charge in [0.25, 0.3) is 0 Å². The number of aromatic nitrogens is 3. The quantitative estimate of drug-likeness (QED) is 0.586. The number of fused-ring (bicyclic) bond motifs is 1. The predicted molar refractivity (Wildman–Crippen MR) is 111 cm³/mol. The van der Waals surface area contributed by atoms with E-state index in [0.29, 0.717) is 0 Å². The molecule has 1 aromatic carbocycles. The number of hydrogen-bond donors (Lipinski definition) is 0. The van der Waals surface area contributed by atoms with E-state index < -0.39 is 0 Å². The minimum atomic E-state index is 0.844. The number of likely N-dealkylation sites (tertiary alicyclic amines) is 1. The highest BCUT2D eigenvalue weighted by molar-refractivity contribution is 9.10. The molecule has 4 rings (SSSR count). The fourth-order valence-corrected chi connectivity index (χ4v) is 3.70. The molecule has 1 aliphatic heterocycles. The number of piperidine rings is 1. The Labute approximate surface area is 164 Å². The van der Waals surface area contributed by atoms with E-state index in [1.807, 2.05) is 30.8 Å². The summed E-state index contributed by atoms with van der Waals surface area (Å²) in [5, 5.41) is 4.30. The van der Waals surface area contributed by atoms with E-state index in [1.165, 1.54) is 50.0 Å². The molecule has 0 N–H and O–H groups in total. The Hall–Kier alpha value is -1.72. The van der Waals surface area contributed by atoms with Crippen molar-refractivity contribution >= 4 is 21.6 Å². The number of nitrogens with zero attached hydrogens (tertiary/aromatic N) is 4. The predicted octanol–water partition coefficient (Wildman–Crippen LogP) is 5.21. The van der Waals surface area contributed by atoms with Crippen LogP contribution >= 0.6 is 15.9 Å². The maximum atomic E-state index is 4.48. The van der Waals surface area contributed by atoms with Crippen molar-refractivity contribution in [2.45, 2.75) is 39.5 Å². The van der Waals surface area contributed by atoms with Crippen LogP contribution in [-0.4, -0.2) is 39.1 Å². The van der Waals surface area contributed by atoms with Gasteiger partial charge in [-0.05, 0) is 59.4 Å². The zero-order valence-corrected chi connectivity index (χ0v) is 17.2. The molecule has 5 heteroatoms. The van der Waals surface area contributed by atoms with Gasteiger partial charge < -0.3 is 4.90 Å². The Morgan fingerprint density at radius 2 is 1.69 bits per heavy atom. The number of benzene rings is 1. The molecule has 26 heavy (non-hydrogen) atoms. The number of halogens is 1. The zero-order chi connectivity index (χ0) is 18.4. The van der Waals surface area contributed by atoms with Gasteiger partial charge in [0, 0.05) is 24.5 Å². The van der Waals surface area contributed by atoms with E-state index in [2.05, 4.69) is 55.2 Å². The fraction of sp³-hybridized carbons (Fsp3) is 0.429. The van der Waals surface area contributed by atoms with Gasteiger partial charge in [-0.2, -0.15) is 5.10 Å². The number of rotatable bonds is 4. The van der Waals surface area contributed by atoms with Crippen molar-refractivity contribution in [3.63, 3.8) is 0 Å². The van der Waals surface area contributed by atoms with Crippen LogP contribution in [0.2, 0.25) is 0 Å². The third kappa shape index (κ3) is 4.51. The Morgan fingerprint density at radius 1 is 0.962 bits per heavy atom. The third-order valence-electron chi connectivity index (χ3n) is 4.77. The fourth-order valence-electron chi connectivity index (χ4n) is 3.33. The van der Waals surface area contributed by atoms with Crippen LogP contribution in [0.1, 0.15) is 38.7 Å². The van der Waals surface area contributed by atoms with Crippen molar-refractivity contribution in [2.24, 2.45) is 0 Å². The van der Waals surface area contributed by atoms with Crippen molar-refractivity contribution < 1.29 is 0 Å². The lowest BCUT2D eigenvalue weighted by atomic mass is 10.0. The summed E-state index contributed by atoms with van der Waals surface area (Å²) in [6.45, 7) is 7.71. The molecule has 0 bridgehead atoms. The van der Waals surface area contributed by atoms with E-state index in [-0.39, 0.29) is 0 Å². The third-order valence-corrected chi connectivity index (χ3v) is 5.33. The van der Waals surface area contributed by atoms with Gasteiger partial charge in [0.05, 0.1) is 10.7 Å². The first kappa shape index (κ1) is 19.1. The second kappa shape index (κ2) is 9.28. The molecule has 1 fully saturated rings. The number of hydrogen-bond acceptors (Lipinski definition) is 3. The maximum absolute atomic E-state index is 4.48. The topological polar surface area (TPSA) is 33.4 Å². The van der Waals surface area contributed by atoms with E-state index in [9.17, 15) is 0 Å². The lowest BCUT2D eigenvalue weighted by Gasteiger charge is -2.26. The summed E-state index contributed by atoms with van der Waals surface area (Å²) in [5.41, 5.74) is 4.51. The van der Waals surface area contributed by atoms with E-state index in [4.69, 9.17) is 0 Å². The van der Waals surface area contributed by atoms with Gasteiger partial charge in [0.1, 0.15) is 0 Å². The van der Waals surface area contributed by atoms with Crippen molar-refractivity contribution in [3.05, 3.63) is 52.9 Å². The van der Waals surface area contributed by atoms with Crippen LogP contribution in [0.25, 0.3) is 16.8 Å². The van der Waals surface area contributed by atoms with E-state index in [0.717, 1.165) is 22.1 Å². The molecule has 0 saturated carbocycles. The molecule has 1 aliphatic rings. The van der Waals surface area contributed by atoms with Gasteiger partial charge >= 0.3 is 0 Å². The molecule has 3 aromatic rings. The van der Waals surface area contributed by atoms with Gasteiger partial charge in [-0.3, -0.25) is 0 Å². The van der Waals surface area contributed by atoms with Crippen LogP contribution in [0, 0.1) is 0 Å². The van der Waals surface area contributed by atoms with Crippen LogP contribution in [0.3, 0.4) is 0 Å². The lowest BCUT2D eigenvalue weighted by Crippen LogP contribution is -2.31. The molecule has 3 heterocycles. The summed E-state index contributed by atoms with van der Waals surface area (Å²) in [6, 6.07) is 8.85. The van der Waals surface area contributed by atoms with Crippen molar-refractivity contribution in [1.82, 2.24) is 19.5 Å². The van der Waals surface area contributed by atoms with Gasteiger partial charge in [-0.25, -0.2) is 9.50 Å². The summed E-state index contributed by atoms with van der Waals surface area (Å²) in [7, 11) is 0. The average Bonchev–Trinajstić information content (AvgIpc) is 3.09. The minimum Gasteiger partial charge on any atom is -0.303 e. The minimum absolute atomic E-state index is 0.844. The molecule has 0 unspecified atom stereocenters. The summed E-state index contributed by atoms with van der Waals surface area (Å²) in [4.78, 5) is 7.07. The zero-order valence-electron chi connectivity index (χ0n) is 15.7. The molecule has 1 saturated heterocycles. The molecule has 0 atom stereocenters. The highest BCUT2D eigenvalue weighted by Gasteiger charge is 2.10. The maximum Gasteiger partial charge on any atom is 0.169 e. The van der Waals surface area contributed by atoms with Gasteiger partial charge in [0.15, 0.2) is 5.65 Å². The molecule has 2 aromatic heterocycles. The summed E-state index contributed by atoms with van der Waals surface area (Å²) >= 11 is 3.46. The first-order valence-corrected chi connectivity index (χ1v) is 10.4. The Morgan fingerprint density at radius 3 is 2.42 bits per heavy atom. The highest BCUT2D eigenvalue weighted by Crippen LogP contribution is 2.22. The lowest BCUT2D eigenvalue weighted by molar-refractivity contribution is 0.231. The van der Waals surface area contributed by atoms with Gasteiger partial charge in [-0.1, -0.05) is 44.5 Å². The first-order chi connectivity index (χ1) is 12.8. The Bertz CT molecular complexity index is 820. The normalized spacial score (nSPS) is 14.9. The SMILES string of the molecule is Brc1cnn2cc(-c3ccc(CCN4CCCCC4)cc3)cnc12.CC. The van der Waals surface area contributed by atoms with Crippen molar-refractivity contribution in [1.29, 1.82) is 0 Å². The molecule has 0 radical (unpaired) electrons. The molecule has 0 amide bonds. The molecule has 0 spiro atoms. The smallest absolute Gasteiger partial charge is 0.169 e. The largest absolute Gasteiger partial charge is 0.303 e.